The Labute approximate surface area is 119 Å². The fourth-order valence-corrected chi connectivity index (χ4v) is 1.78. The molecule has 112 valence electrons. The van der Waals surface area contributed by atoms with Crippen LogP contribution in [-0.4, -0.2) is 29.4 Å². The van der Waals surface area contributed by atoms with Crippen molar-refractivity contribution in [3.63, 3.8) is 0 Å². The van der Waals surface area contributed by atoms with Gasteiger partial charge in [-0.3, -0.25) is 0 Å². The van der Waals surface area contributed by atoms with Gasteiger partial charge in [-0.1, -0.05) is 13.0 Å². The van der Waals surface area contributed by atoms with Crippen LogP contribution in [0.4, 0.5) is 0 Å². The van der Waals surface area contributed by atoms with E-state index in [1.54, 1.807) is 0 Å². The van der Waals surface area contributed by atoms with Crippen molar-refractivity contribution in [2.45, 2.75) is 13.3 Å². The first-order valence-corrected chi connectivity index (χ1v) is 6.30. The van der Waals surface area contributed by atoms with Crippen LogP contribution in [0.5, 0.6) is 17.2 Å². The van der Waals surface area contributed by atoms with Crippen LogP contribution in [0.3, 0.4) is 0 Å². The van der Waals surface area contributed by atoms with E-state index in [1.807, 2.05) is 6.92 Å². The molecule has 2 aromatic rings. The quantitative estimate of drug-likeness (QED) is 0.781. The molecule has 7 nitrogen and oxygen atoms in total. The summed E-state index contributed by atoms with van der Waals surface area (Å²) in [6.45, 7) is 1.51. The lowest BCUT2D eigenvalue weighted by molar-refractivity contribution is -0.139. The Morgan fingerprint density at radius 1 is 1.33 bits per heavy atom. The van der Waals surface area contributed by atoms with Gasteiger partial charge in [-0.15, -0.1) is 0 Å². The van der Waals surface area contributed by atoms with Crippen molar-refractivity contribution in [3.8, 4) is 17.2 Å². The molecule has 21 heavy (non-hydrogen) atoms. The van der Waals surface area contributed by atoms with Crippen molar-refractivity contribution < 1.29 is 28.9 Å². The van der Waals surface area contributed by atoms with Gasteiger partial charge in [-0.05, 0) is 18.6 Å². The van der Waals surface area contributed by atoms with E-state index in [2.05, 4.69) is 0 Å². The molecule has 0 saturated carbocycles. The monoisotopic (exact) mass is 294 g/mol. The van der Waals surface area contributed by atoms with Gasteiger partial charge < -0.3 is 24.1 Å². The summed E-state index contributed by atoms with van der Waals surface area (Å²) in [5.74, 6) is -1.80. The third-order valence-corrected chi connectivity index (χ3v) is 2.63. The molecule has 0 aliphatic heterocycles. The minimum Gasteiger partial charge on any atom is -0.503 e. The molecule has 1 aromatic carbocycles. The third kappa shape index (κ3) is 3.07. The summed E-state index contributed by atoms with van der Waals surface area (Å²) < 4.78 is 15.3. The molecule has 0 aliphatic carbocycles. The van der Waals surface area contributed by atoms with Gasteiger partial charge in [0.05, 0.1) is 6.61 Å². The largest absolute Gasteiger partial charge is 0.503 e. The SMILES string of the molecule is CCCOc1c(O)c2c(OCC(=O)O)cccc2oc1=O. The van der Waals surface area contributed by atoms with Gasteiger partial charge >= 0.3 is 11.6 Å². The maximum Gasteiger partial charge on any atom is 0.383 e. The van der Waals surface area contributed by atoms with Crippen LogP contribution in [0.15, 0.2) is 27.4 Å². The van der Waals surface area contributed by atoms with Crippen molar-refractivity contribution in [2.75, 3.05) is 13.2 Å². The van der Waals surface area contributed by atoms with Crippen LogP contribution < -0.4 is 15.1 Å². The van der Waals surface area contributed by atoms with Crippen LogP contribution in [0.2, 0.25) is 0 Å². The number of aliphatic carboxylic acids is 1. The van der Waals surface area contributed by atoms with Crippen LogP contribution in [0.1, 0.15) is 13.3 Å². The van der Waals surface area contributed by atoms with Gasteiger partial charge in [0.2, 0.25) is 5.75 Å². The average Bonchev–Trinajstić information content (AvgIpc) is 2.44. The lowest BCUT2D eigenvalue weighted by Crippen LogP contribution is -2.11. The first kappa shape index (κ1) is 14.7. The smallest absolute Gasteiger partial charge is 0.383 e. The van der Waals surface area contributed by atoms with E-state index in [0.717, 1.165) is 0 Å². The minimum atomic E-state index is -1.16. The summed E-state index contributed by atoms with van der Waals surface area (Å²) in [5.41, 5.74) is -0.715. The molecule has 0 amide bonds. The zero-order valence-electron chi connectivity index (χ0n) is 11.3. The molecule has 7 heteroatoms. The standard InChI is InChI=1S/C14H14O7/c1-2-6-19-13-12(17)11-8(20-7-10(15)16)4-3-5-9(11)21-14(13)18/h3-5,17H,2,6-7H2,1H3,(H,15,16). The Balaban J connectivity index is 2.56. The summed E-state index contributed by atoms with van der Waals surface area (Å²) in [6.07, 6.45) is 0.647. The number of carboxylic acids is 1. The van der Waals surface area contributed by atoms with Crippen molar-refractivity contribution >= 4 is 16.9 Å². The van der Waals surface area contributed by atoms with Gasteiger partial charge in [0, 0.05) is 0 Å². The molecule has 1 heterocycles. The highest BCUT2D eigenvalue weighted by atomic mass is 16.5. The highest BCUT2D eigenvalue weighted by Crippen LogP contribution is 2.37. The number of fused-ring (bicyclic) bond motifs is 1. The Kier molecular flexibility index (Phi) is 4.32. The molecular formula is C14H14O7. The third-order valence-electron chi connectivity index (χ3n) is 2.63. The van der Waals surface area contributed by atoms with Gasteiger partial charge in [0.1, 0.15) is 16.7 Å². The van der Waals surface area contributed by atoms with Gasteiger partial charge in [0.25, 0.3) is 0 Å². The first-order chi connectivity index (χ1) is 10.0. The predicted octanol–water partition coefficient (Wildman–Crippen LogP) is 1.75. The van der Waals surface area contributed by atoms with E-state index < -0.39 is 24.0 Å². The Hall–Kier alpha value is -2.70. The Morgan fingerprint density at radius 3 is 2.76 bits per heavy atom. The summed E-state index contributed by atoms with van der Waals surface area (Å²) >= 11 is 0. The predicted molar refractivity (Wildman–Crippen MR) is 73.1 cm³/mol. The van der Waals surface area contributed by atoms with Crippen molar-refractivity contribution in [3.05, 3.63) is 28.6 Å². The number of aromatic hydroxyl groups is 1. The number of ether oxygens (including phenoxy) is 2. The maximum absolute atomic E-state index is 11.8. The molecular weight excluding hydrogens is 280 g/mol. The van der Waals surface area contributed by atoms with Crippen molar-refractivity contribution in [1.29, 1.82) is 0 Å². The molecule has 0 spiro atoms. The number of benzene rings is 1. The lowest BCUT2D eigenvalue weighted by atomic mass is 10.2. The molecule has 0 fully saturated rings. The van der Waals surface area contributed by atoms with E-state index in [1.165, 1.54) is 18.2 Å². The maximum atomic E-state index is 11.8. The summed E-state index contributed by atoms with van der Waals surface area (Å²) in [6, 6.07) is 4.46. The van der Waals surface area contributed by atoms with Gasteiger partial charge in [0.15, 0.2) is 12.4 Å². The number of rotatable bonds is 6. The fourth-order valence-electron chi connectivity index (χ4n) is 1.78. The van der Waals surface area contributed by atoms with Crippen molar-refractivity contribution in [2.24, 2.45) is 0 Å². The highest BCUT2D eigenvalue weighted by molar-refractivity contribution is 5.91. The van der Waals surface area contributed by atoms with E-state index >= 15 is 0 Å². The topological polar surface area (TPSA) is 106 Å². The number of hydrogen-bond acceptors (Lipinski definition) is 6. The normalized spacial score (nSPS) is 10.5. The molecule has 1 aromatic heterocycles. The molecule has 0 radical (unpaired) electrons. The molecule has 2 N–H and O–H groups in total. The molecule has 0 aliphatic rings. The van der Waals surface area contributed by atoms with E-state index in [0.29, 0.717) is 6.42 Å². The van der Waals surface area contributed by atoms with E-state index in [4.69, 9.17) is 19.0 Å². The van der Waals surface area contributed by atoms with Crippen LogP contribution >= 0.6 is 0 Å². The van der Waals surface area contributed by atoms with Gasteiger partial charge in [-0.25, -0.2) is 9.59 Å². The number of carbonyl (C=O) groups is 1. The van der Waals surface area contributed by atoms with Crippen LogP contribution in [-0.2, 0) is 4.79 Å². The summed E-state index contributed by atoms with van der Waals surface area (Å²) in [4.78, 5) is 22.3. The summed E-state index contributed by atoms with van der Waals surface area (Å²) in [5, 5.41) is 18.9. The minimum absolute atomic E-state index is 0.0873. The van der Waals surface area contributed by atoms with Crippen molar-refractivity contribution in [1.82, 2.24) is 0 Å². The zero-order valence-corrected chi connectivity index (χ0v) is 11.3. The number of hydrogen-bond donors (Lipinski definition) is 2. The van der Waals surface area contributed by atoms with Gasteiger partial charge in [-0.2, -0.15) is 0 Å². The zero-order chi connectivity index (χ0) is 15.4. The molecule has 0 bridgehead atoms. The first-order valence-electron chi connectivity index (χ1n) is 6.30. The molecule has 2 rings (SSSR count). The molecule has 0 unspecified atom stereocenters. The second-order valence-corrected chi connectivity index (χ2v) is 4.23. The Morgan fingerprint density at radius 2 is 2.10 bits per heavy atom. The van der Waals surface area contributed by atoms with Crippen LogP contribution in [0, 0.1) is 0 Å². The van der Waals surface area contributed by atoms with E-state index in [9.17, 15) is 14.7 Å². The number of carboxylic acid groups (broad SMARTS) is 1. The molecule has 0 atom stereocenters. The van der Waals surface area contributed by atoms with E-state index in [-0.39, 0.29) is 29.1 Å². The lowest BCUT2D eigenvalue weighted by Gasteiger charge is -2.11. The average molecular weight is 294 g/mol. The van der Waals surface area contributed by atoms with Crippen LogP contribution in [0.25, 0.3) is 11.0 Å². The second kappa shape index (κ2) is 6.17. The second-order valence-electron chi connectivity index (χ2n) is 4.23. The fraction of sp³-hybridized carbons (Fsp3) is 0.286. The summed E-state index contributed by atoms with van der Waals surface area (Å²) in [7, 11) is 0. The Bertz CT molecular complexity index is 717. The highest BCUT2D eigenvalue weighted by Gasteiger charge is 2.19. The molecule has 0 saturated heterocycles.